The van der Waals surface area contributed by atoms with Gasteiger partial charge in [-0.05, 0) is 49.4 Å². The summed E-state index contributed by atoms with van der Waals surface area (Å²) in [5.41, 5.74) is -0.551. The molecule has 0 radical (unpaired) electrons. The summed E-state index contributed by atoms with van der Waals surface area (Å²) in [6, 6.07) is 0. The van der Waals surface area contributed by atoms with Gasteiger partial charge in [0.2, 0.25) is 0 Å². The number of ether oxygens (including phenoxy) is 4. The fraction of sp³-hybridized carbons (Fsp3) is 0.808. The standard InChI is InChI=1S/C26H38O8/c1-5-21(28)33-17-13-31-23(30)16(17)7-8-19-24(3)11-10-20(34-22(29)6-2)25(4,14-27)18(24)9-12-26(19)15-32-26/h7,17-20,27H,5-6,8-15H2,1-4H3/b16-7+/t17-,18+,19+,20-,24-,25+,26-/m1/s1. The lowest BCUT2D eigenvalue weighted by Crippen LogP contribution is -2.61. The van der Waals surface area contributed by atoms with Crippen LogP contribution >= 0.6 is 0 Å². The highest BCUT2D eigenvalue weighted by Crippen LogP contribution is 2.66. The number of cyclic esters (lactones) is 1. The molecule has 34 heavy (non-hydrogen) atoms. The summed E-state index contributed by atoms with van der Waals surface area (Å²) in [6.45, 7) is 8.48. The van der Waals surface area contributed by atoms with Gasteiger partial charge in [-0.3, -0.25) is 9.59 Å². The minimum atomic E-state index is -0.671. The Morgan fingerprint density at radius 3 is 2.41 bits per heavy atom. The van der Waals surface area contributed by atoms with Crippen molar-refractivity contribution in [1.29, 1.82) is 0 Å². The topological polar surface area (TPSA) is 112 Å². The van der Waals surface area contributed by atoms with Crippen molar-refractivity contribution in [2.45, 2.75) is 90.4 Å². The number of carbonyl (C=O) groups is 3. The van der Waals surface area contributed by atoms with E-state index in [-0.39, 0.29) is 60.5 Å². The van der Waals surface area contributed by atoms with Crippen LogP contribution in [0.1, 0.15) is 72.6 Å². The highest BCUT2D eigenvalue weighted by atomic mass is 16.6. The number of hydrogen-bond acceptors (Lipinski definition) is 8. The molecule has 4 fully saturated rings. The first-order chi connectivity index (χ1) is 16.1. The Hall–Kier alpha value is -1.93. The molecule has 2 aliphatic carbocycles. The molecule has 0 amide bonds. The lowest BCUT2D eigenvalue weighted by atomic mass is 9.45. The van der Waals surface area contributed by atoms with Crippen LogP contribution in [0.15, 0.2) is 11.6 Å². The van der Waals surface area contributed by atoms with Crippen molar-refractivity contribution < 1.29 is 38.4 Å². The van der Waals surface area contributed by atoms with E-state index in [4.69, 9.17) is 18.9 Å². The monoisotopic (exact) mass is 478 g/mol. The highest BCUT2D eigenvalue weighted by molar-refractivity contribution is 5.92. The molecule has 2 saturated heterocycles. The van der Waals surface area contributed by atoms with Crippen molar-refractivity contribution >= 4 is 17.9 Å². The third-order valence-corrected chi connectivity index (χ3v) is 9.06. The molecular formula is C26H38O8. The third-order valence-electron chi connectivity index (χ3n) is 9.06. The van der Waals surface area contributed by atoms with Crippen LogP contribution in [0.25, 0.3) is 0 Å². The normalized spacial score (nSPS) is 42.3. The van der Waals surface area contributed by atoms with E-state index in [1.165, 1.54) is 0 Å². The molecule has 7 atom stereocenters. The van der Waals surface area contributed by atoms with Crippen molar-refractivity contribution in [3.63, 3.8) is 0 Å². The molecule has 8 heteroatoms. The van der Waals surface area contributed by atoms with Gasteiger partial charge in [0.25, 0.3) is 0 Å². The van der Waals surface area contributed by atoms with Gasteiger partial charge in [0.1, 0.15) is 12.7 Å². The predicted molar refractivity (Wildman–Crippen MR) is 121 cm³/mol. The maximum atomic E-state index is 12.4. The molecule has 8 nitrogen and oxygen atoms in total. The minimum absolute atomic E-state index is 0.0513. The highest BCUT2D eigenvalue weighted by Gasteiger charge is 2.67. The predicted octanol–water partition coefficient (Wildman–Crippen LogP) is 3.10. The fourth-order valence-electron chi connectivity index (χ4n) is 6.99. The first kappa shape index (κ1) is 25.2. The summed E-state index contributed by atoms with van der Waals surface area (Å²) >= 11 is 0. The second-order valence-corrected chi connectivity index (χ2v) is 10.9. The molecular weight excluding hydrogens is 440 g/mol. The second-order valence-electron chi connectivity index (χ2n) is 10.9. The zero-order valence-electron chi connectivity index (χ0n) is 20.8. The van der Waals surface area contributed by atoms with E-state index in [1.54, 1.807) is 13.8 Å². The van der Waals surface area contributed by atoms with Crippen LogP contribution in [0.3, 0.4) is 0 Å². The number of allylic oxidation sites excluding steroid dienone is 1. The number of epoxide rings is 1. The van der Waals surface area contributed by atoms with Gasteiger partial charge < -0.3 is 24.1 Å². The lowest BCUT2D eigenvalue weighted by Gasteiger charge is -2.61. The van der Waals surface area contributed by atoms with Gasteiger partial charge in [0.05, 0.1) is 24.4 Å². The Morgan fingerprint density at radius 2 is 1.79 bits per heavy atom. The molecule has 0 unspecified atom stereocenters. The molecule has 4 rings (SSSR count). The first-order valence-corrected chi connectivity index (χ1v) is 12.6. The third kappa shape index (κ3) is 4.17. The number of aliphatic hydroxyl groups excluding tert-OH is 1. The second kappa shape index (κ2) is 9.26. The van der Waals surface area contributed by atoms with Crippen molar-refractivity contribution in [2.75, 3.05) is 19.8 Å². The Morgan fingerprint density at radius 1 is 1.12 bits per heavy atom. The molecule has 2 aliphatic heterocycles. The quantitative estimate of drug-likeness (QED) is 0.257. The number of aliphatic hydroxyl groups is 1. The summed E-state index contributed by atoms with van der Waals surface area (Å²) < 4.78 is 22.5. The largest absolute Gasteiger partial charge is 0.462 e. The molecule has 2 saturated carbocycles. The number of fused-ring (bicyclic) bond motifs is 1. The first-order valence-electron chi connectivity index (χ1n) is 12.6. The molecule has 0 aromatic rings. The van der Waals surface area contributed by atoms with Crippen LogP contribution in [-0.2, 0) is 33.3 Å². The SMILES string of the molecule is CCC(=O)O[C@@H]1COC(=O)/C1=C/C[C@@H]1[C@@]2(CC[C@@H]3[C@](C)(CO)[C@H](OC(=O)CC)CC[C@]31C)CO2. The van der Waals surface area contributed by atoms with E-state index in [2.05, 4.69) is 6.92 Å². The van der Waals surface area contributed by atoms with E-state index in [0.29, 0.717) is 31.4 Å². The average Bonchev–Trinajstić information content (AvgIpc) is 3.51. The van der Waals surface area contributed by atoms with E-state index < -0.39 is 17.5 Å². The molecule has 0 aromatic heterocycles. The number of rotatable bonds is 7. The van der Waals surface area contributed by atoms with Gasteiger partial charge in [-0.2, -0.15) is 0 Å². The summed E-state index contributed by atoms with van der Waals surface area (Å²) in [5.74, 6) is -0.779. The lowest BCUT2D eigenvalue weighted by molar-refractivity contribution is -0.197. The molecule has 0 bridgehead atoms. The van der Waals surface area contributed by atoms with Crippen LogP contribution in [0.4, 0.5) is 0 Å². The molecule has 4 aliphatic rings. The zero-order valence-corrected chi connectivity index (χ0v) is 20.8. The summed E-state index contributed by atoms with van der Waals surface area (Å²) in [6.07, 6.45) is 5.30. The van der Waals surface area contributed by atoms with Crippen molar-refractivity contribution in [1.82, 2.24) is 0 Å². The van der Waals surface area contributed by atoms with Gasteiger partial charge in [-0.15, -0.1) is 0 Å². The zero-order chi connectivity index (χ0) is 24.7. The fourth-order valence-corrected chi connectivity index (χ4v) is 6.99. The van der Waals surface area contributed by atoms with Crippen LogP contribution in [-0.4, -0.2) is 60.6 Å². The van der Waals surface area contributed by atoms with E-state index in [0.717, 1.165) is 19.3 Å². The number of hydrogen-bond donors (Lipinski definition) is 1. The van der Waals surface area contributed by atoms with Gasteiger partial charge >= 0.3 is 17.9 Å². The van der Waals surface area contributed by atoms with E-state index in [9.17, 15) is 19.5 Å². The van der Waals surface area contributed by atoms with Crippen LogP contribution < -0.4 is 0 Å². The Kier molecular flexibility index (Phi) is 6.86. The smallest absolute Gasteiger partial charge is 0.337 e. The van der Waals surface area contributed by atoms with Gasteiger partial charge in [-0.25, -0.2) is 4.79 Å². The Bertz CT molecular complexity index is 861. The van der Waals surface area contributed by atoms with Gasteiger partial charge in [0, 0.05) is 18.3 Å². The molecule has 1 spiro atoms. The van der Waals surface area contributed by atoms with Crippen molar-refractivity contribution in [2.24, 2.45) is 22.7 Å². The summed E-state index contributed by atoms with van der Waals surface area (Å²) in [4.78, 5) is 36.3. The summed E-state index contributed by atoms with van der Waals surface area (Å²) in [5, 5.41) is 10.5. The van der Waals surface area contributed by atoms with Crippen LogP contribution in [0.5, 0.6) is 0 Å². The van der Waals surface area contributed by atoms with Gasteiger partial charge in [-0.1, -0.05) is 33.8 Å². The minimum Gasteiger partial charge on any atom is -0.462 e. The molecule has 2 heterocycles. The van der Waals surface area contributed by atoms with Crippen molar-refractivity contribution in [3.8, 4) is 0 Å². The molecule has 190 valence electrons. The Labute approximate surface area is 201 Å². The average molecular weight is 479 g/mol. The molecule has 0 aromatic carbocycles. The van der Waals surface area contributed by atoms with Gasteiger partial charge in [0.15, 0.2) is 6.10 Å². The number of carbonyl (C=O) groups excluding carboxylic acids is 3. The van der Waals surface area contributed by atoms with Crippen molar-refractivity contribution in [3.05, 3.63) is 11.6 Å². The number of esters is 3. The Balaban J connectivity index is 1.60. The molecule has 1 N–H and O–H groups in total. The van der Waals surface area contributed by atoms with Crippen LogP contribution in [0.2, 0.25) is 0 Å². The maximum Gasteiger partial charge on any atom is 0.337 e. The van der Waals surface area contributed by atoms with E-state index >= 15 is 0 Å². The maximum absolute atomic E-state index is 12.4. The van der Waals surface area contributed by atoms with E-state index in [1.807, 2.05) is 13.0 Å². The summed E-state index contributed by atoms with van der Waals surface area (Å²) in [7, 11) is 0. The van der Waals surface area contributed by atoms with Crippen LogP contribution in [0, 0.1) is 22.7 Å².